The van der Waals surface area contributed by atoms with Crippen molar-refractivity contribution in [3.63, 3.8) is 0 Å². The van der Waals surface area contributed by atoms with Crippen molar-refractivity contribution in [1.29, 1.82) is 0 Å². The van der Waals surface area contributed by atoms with Gasteiger partial charge in [0.25, 0.3) is 5.91 Å². The van der Waals surface area contributed by atoms with E-state index in [1.807, 2.05) is 37.3 Å². The number of amides is 1. The molecule has 1 heterocycles. The molecule has 3 rings (SSSR count). The monoisotopic (exact) mass is 424 g/mol. The van der Waals surface area contributed by atoms with E-state index >= 15 is 0 Å². The van der Waals surface area contributed by atoms with Crippen LogP contribution in [0.15, 0.2) is 41.4 Å². The highest BCUT2D eigenvalue weighted by molar-refractivity contribution is 5.94. The number of rotatable bonds is 8. The van der Waals surface area contributed by atoms with E-state index in [2.05, 4.69) is 28.9 Å². The summed E-state index contributed by atoms with van der Waals surface area (Å²) in [6.07, 6.45) is 1.88. The van der Waals surface area contributed by atoms with E-state index < -0.39 is 0 Å². The molecule has 2 aromatic carbocycles. The highest BCUT2D eigenvalue weighted by atomic mass is 16.5. The van der Waals surface area contributed by atoms with E-state index in [1.165, 1.54) is 5.56 Å². The molecule has 1 atom stereocenters. The lowest BCUT2D eigenvalue weighted by molar-refractivity contribution is 0.0963. The molecule has 0 radical (unpaired) electrons. The molecule has 7 heteroatoms. The minimum absolute atomic E-state index is 0.0774. The van der Waals surface area contributed by atoms with Crippen LogP contribution in [-0.2, 0) is 19.4 Å². The van der Waals surface area contributed by atoms with Crippen LogP contribution in [0.1, 0.15) is 40.9 Å². The number of aliphatic imine (C=N–C) groups is 1. The maximum absolute atomic E-state index is 11.8. The Balaban J connectivity index is 1.63. The first-order valence-corrected chi connectivity index (χ1v) is 10.7. The highest BCUT2D eigenvalue weighted by Gasteiger charge is 2.21. The molecule has 1 unspecified atom stereocenters. The quantitative estimate of drug-likeness (QED) is 0.448. The third-order valence-corrected chi connectivity index (χ3v) is 5.17. The molecule has 0 aromatic heterocycles. The van der Waals surface area contributed by atoms with Gasteiger partial charge in [0.15, 0.2) is 5.96 Å². The smallest absolute Gasteiger partial charge is 0.251 e. The first-order valence-electron chi connectivity index (χ1n) is 10.7. The summed E-state index contributed by atoms with van der Waals surface area (Å²) in [5.74, 6) is 2.42. The fourth-order valence-electron chi connectivity index (χ4n) is 3.64. The topological polar surface area (TPSA) is 84.0 Å². The van der Waals surface area contributed by atoms with Crippen LogP contribution in [0.5, 0.6) is 11.5 Å². The van der Waals surface area contributed by atoms with Gasteiger partial charge >= 0.3 is 0 Å². The number of hydrogen-bond acceptors (Lipinski definition) is 4. The highest BCUT2D eigenvalue weighted by Crippen LogP contribution is 2.35. The summed E-state index contributed by atoms with van der Waals surface area (Å²) in [7, 11) is 3.32. The minimum Gasteiger partial charge on any atom is -0.496 e. The van der Waals surface area contributed by atoms with Gasteiger partial charge in [0.1, 0.15) is 17.6 Å². The van der Waals surface area contributed by atoms with Gasteiger partial charge in [-0.15, -0.1) is 0 Å². The molecular formula is C24H32N4O3. The van der Waals surface area contributed by atoms with Crippen LogP contribution in [0.4, 0.5) is 0 Å². The fourth-order valence-corrected chi connectivity index (χ4v) is 3.64. The van der Waals surface area contributed by atoms with Crippen molar-refractivity contribution in [2.75, 3.05) is 27.2 Å². The van der Waals surface area contributed by atoms with Crippen molar-refractivity contribution in [3.8, 4) is 11.5 Å². The molecule has 0 fully saturated rings. The molecule has 31 heavy (non-hydrogen) atoms. The van der Waals surface area contributed by atoms with E-state index in [0.29, 0.717) is 18.7 Å². The Bertz CT molecular complexity index is 942. The van der Waals surface area contributed by atoms with Gasteiger partial charge in [-0.2, -0.15) is 0 Å². The van der Waals surface area contributed by atoms with Gasteiger partial charge in [-0.3, -0.25) is 4.79 Å². The van der Waals surface area contributed by atoms with Gasteiger partial charge in [-0.05, 0) is 50.1 Å². The van der Waals surface area contributed by atoms with Crippen molar-refractivity contribution in [2.45, 2.75) is 39.3 Å². The molecule has 0 saturated heterocycles. The van der Waals surface area contributed by atoms with Crippen molar-refractivity contribution in [2.24, 2.45) is 4.99 Å². The maximum Gasteiger partial charge on any atom is 0.251 e. The van der Waals surface area contributed by atoms with E-state index in [4.69, 9.17) is 14.5 Å². The van der Waals surface area contributed by atoms with Crippen LogP contribution in [0.3, 0.4) is 0 Å². The summed E-state index contributed by atoms with van der Waals surface area (Å²) in [5, 5.41) is 9.30. The predicted octanol–water partition coefficient (Wildman–Crippen LogP) is 2.68. The van der Waals surface area contributed by atoms with Gasteiger partial charge in [0.05, 0.1) is 13.7 Å². The number of methoxy groups -OCH3 is 1. The average Bonchev–Trinajstić information content (AvgIpc) is 3.15. The molecule has 3 N–H and O–H groups in total. The van der Waals surface area contributed by atoms with Gasteiger partial charge in [-0.1, -0.05) is 12.1 Å². The van der Waals surface area contributed by atoms with Crippen LogP contribution >= 0.6 is 0 Å². The summed E-state index contributed by atoms with van der Waals surface area (Å²) < 4.78 is 11.5. The number of hydrogen-bond donors (Lipinski definition) is 3. The summed E-state index contributed by atoms with van der Waals surface area (Å²) in [6, 6.07) is 11.8. The zero-order valence-electron chi connectivity index (χ0n) is 18.7. The Morgan fingerprint density at radius 2 is 2.10 bits per heavy atom. The molecule has 1 amide bonds. The number of guanidine groups is 1. The average molecular weight is 425 g/mol. The predicted molar refractivity (Wildman–Crippen MR) is 123 cm³/mol. The second-order valence-corrected chi connectivity index (χ2v) is 7.56. The Morgan fingerprint density at radius 3 is 2.84 bits per heavy atom. The van der Waals surface area contributed by atoms with E-state index in [1.54, 1.807) is 14.2 Å². The lowest BCUT2D eigenvalue weighted by Gasteiger charge is -2.13. The SMILES string of the molecule is CCNC(=NCc1cc2c(cc1OC)CC(C)O2)NCCc1cccc(C(=O)NC)c1. The number of benzene rings is 2. The number of nitrogens with zero attached hydrogens (tertiary/aromatic N) is 1. The van der Waals surface area contributed by atoms with E-state index in [0.717, 1.165) is 48.0 Å². The van der Waals surface area contributed by atoms with E-state index in [-0.39, 0.29) is 12.0 Å². The number of carbonyl (C=O) groups is 1. The molecule has 0 saturated carbocycles. The number of nitrogens with one attached hydrogen (secondary N) is 3. The van der Waals surface area contributed by atoms with Gasteiger partial charge in [0.2, 0.25) is 0 Å². The molecule has 1 aliphatic rings. The summed E-state index contributed by atoms with van der Waals surface area (Å²) in [4.78, 5) is 16.5. The zero-order valence-corrected chi connectivity index (χ0v) is 18.7. The zero-order chi connectivity index (χ0) is 22.2. The van der Waals surface area contributed by atoms with Gasteiger partial charge in [-0.25, -0.2) is 4.99 Å². The fraction of sp³-hybridized carbons (Fsp3) is 0.417. The van der Waals surface area contributed by atoms with Crippen molar-refractivity contribution < 1.29 is 14.3 Å². The Morgan fingerprint density at radius 1 is 1.26 bits per heavy atom. The third-order valence-electron chi connectivity index (χ3n) is 5.17. The standard InChI is InChI=1S/C24H32N4O3/c1-5-26-24(27-10-9-17-7-6-8-18(12-17)23(29)25-3)28-15-20-14-22-19(11-16(2)31-22)13-21(20)30-4/h6-8,12-14,16H,5,9-11,15H2,1-4H3,(H,25,29)(H2,26,27,28). The van der Waals surface area contributed by atoms with Crippen molar-refractivity contribution >= 4 is 11.9 Å². The number of fused-ring (bicyclic) bond motifs is 1. The molecule has 7 nitrogen and oxygen atoms in total. The van der Waals surface area contributed by atoms with Crippen LogP contribution in [0, 0.1) is 0 Å². The summed E-state index contributed by atoms with van der Waals surface area (Å²) >= 11 is 0. The van der Waals surface area contributed by atoms with Gasteiger partial charge < -0.3 is 25.4 Å². The van der Waals surface area contributed by atoms with Crippen molar-refractivity contribution in [3.05, 3.63) is 58.7 Å². The van der Waals surface area contributed by atoms with Crippen LogP contribution in [-0.4, -0.2) is 45.2 Å². The molecule has 0 aliphatic carbocycles. The molecule has 166 valence electrons. The second-order valence-electron chi connectivity index (χ2n) is 7.56. The Kier molecular flexibility index (Phi) is 7.76. The third kappa shape index (κ3) is 5.90. The lowest BCUT2D eigenvalue weighted by atomic mass is 10.1. The summed E-state index contributed by atoms with van der Waals surface area (Å²) in [5.41, 5.74) is 3.93. The first kappa shape index (κ1) is 22.5. The lowest BCUT2D eigenvalue weighted by Crippen LogP contribution is -2.38. The van der Waals surface area contributed by atoms with Crippen LogP contribution in [0.25, 0.3) is 0 Å². The maximum atomic E-state index is 11.8. The number of carbonyl (C=O) groups excluding carboxylic acids is 1. The number of ether oxygens (including phenoxy) is 2. The molecular weight excluding hydrogens is 392 g/mol. The molecule has 2 aromatic rings. The first-order chi connectivity index (χ1) is 15.0. The minimum atomic E-state index is -0.0774. The van der Waals surface area contributed by atoms with Crippen LogP contribution in [0.2, 0.25) is 0 Å². The largest absolute Gasteiger partial charge is 0.496 e. The molecule has 1 aliphatic heterocycles. The van der Waals surface area contributed by atoms with Crippen LogP contribution < -0.4 is 25.4 Å². The van der Waals surface area contributed by atoms with Crippen molar-refractivity contribution in [1.82, 2.24) is 16.0 Å². The molecule has 0 bridgehead atoms. The van der Waals surface area contributed by atoms with Gasteiger partial charge in [0, 0.05) is 43.2 Å². The normalized spacial score (nSPS) is 15.1. The summed E-state index contributed by atoms with van der Waals surface area (Å²) in [6.45, 7) is 6.05. The second kappa shape index (κ2) is 10.7. The Hall–Kier alpha value is -3.22. The molecule has 0 spiro atoms. The van der Waals surface area contributed by atoms with E-state index in [9.17, 15) is 4.79 Å². The Labute approximate surface area is 184 Å².